The first-order valence-corrected chi connectivity index (χ1v) is 23.7. The molecule has 0 aromatic heterocycles. The molecular formula is C42H82NO10P. The van der Waals surface area contributed by atoms with Gasteiger partial charge in [0.05, 0.1) is 13.2 Å². The molecule has 0 aromatic carbocycles. The molecule has 320 valence electrons. The van der Waals surface area contributed by atoms with E-state index in [0.29, 0.717) is 12.8 Å². The molecule has 0 saturated carbocycles. The fourth-order valence-electron chi connectivity index (χ4n) is 6.49. The largest absolute Gasteiger partial charge is 0.480 e. The second-order valence-corrected chi connectivity index (χ2v) is 16.8. The lowest BCUT2D eigenvalue weighted by atomic mass is 10.0. The number of aliphatic hydroxyl groups is 1. The van der Waals surface area contributed by atoms with Crippen molar-refractivity contribution in [2.24, 2.45) is 0 Å². The molecule has 0 aliphatic carbocycles. The molecule has 0 radical (unpaired) electrons. The zero-order valence-corrected chi connectivity index (χ0v) is 35.4. The summed E-state index contributed by atoms with van der Waals surface area (Å²) in [5.41, 5.74) is 0. The maximum atomic E-state index is 12.6. The summed E-state index contributed by atoms with van der Waals surface area (Å²) in [4.78, 5) is 46.3. The zero-order valence-electron chi connectivity index (χ0n) is 34.6. The molecule has 54 heavy (non-hydrogen) atoms. The lowest BCUT2D eigenvalue weighted by molar-refractivity contribution is -0.161. The topological polar surface area (TPSA) is 169 Å². The number of aliphatic hydroxyl groups excluding tert-OH is 1. The number of ether oxygens (including phenoxy) is 2. The Morgan fingerprint density at radius 3 is 1.20 bits per heavy atom. The number of hydrogen-bond acceptors (Lipinski definition) is 8. The number of rotatable bonds is 42. The Morgan fingerprint density at radius 1 is 0.537 bits per heavy atom. The van der Waals surface area contributed by atoms with Crippen LogP contribution < -0.4 is 5.09 Å². The van der Waals surface area contributed by atoms with E-state index in [2.05, 4.69) is 13.8 Å². The summed E-state index contributed by atoms with van der Waals surface area (Å²) in [5, 5.41) is 20.1. The normalized spacial score (nSPS) is 13.7. The fraction of sp³-hybridized carbons (Fsp3) is 0.929. The maximum absolute atomic E-state index is 12.6. The van der Waals surface area contributed by atoms with Crippen LogP contribution in [0.2, 0.25) is 0 Å². The quantitative estimate of drug-likeness (QED) is 0.0264. The van der Waals surface area contributed by atoms with E-state index in [0.717, 1.165) is 38.5 Å². The second kappa shape index (κ2) is 38.4. The van der Waals surface area contributed by atoms with Crippen molar-refractivity contribution in [2.75, 3.05) is 19.8 Å². The van der Waals surface area contributed by atoms with Crippen LogP contribution in [0.5, 0.6) is 0 Å². The number of unbranched alkanes of at least 4 members (excludes halogenated alkanes) is 28. The van der Waals surface area contributed by atoms with Gasteiger partial charge in [0, 0.05) is 12.8 Å². The molecule has 0 aliphatic heterocycles. The van der Waals surface area contributed by atoms with Crippen molar-refractivity contribution in [1.82, 2.24) is 5.09 Å². The van der Waals surface area contributed by atoms with Crippen molar-refractivity contribution in [1.29, 1.82) is 0 Å². The molecule has 0 rings (SSSR count). The van der Waals surface area contributed by atoms with E-state index in [1.165, 1.54) is 141 Å². The average molecular weight is 792 g/mol. The number of carbonyl (C=O) groups excluding carboxylic acids is 2. The monoisotopic (exact) mass is 792 g/mol. The molecule has 1 unspecified atom stereocenters. The molecule has 0 aromatic rings. The van der Waals surface area contributed by atoms with Gasteiger partial charge in [-0.05, 0) is 12.8 Å². The van der Waals surface area contributed by atoms with Crippen LogP contribution in [-0.2, 0) is 32.9 Å². The lowest BCUT2D eigenvalue weighted by Gasteiger charge is -2.21. The molecule has 0 fully saturated rings. The molecule has 0 bridgehead atoms. The maximum Gasteiger partial charge on any atom is 0.403 e. The van der Waals surface area contributed by atoms with Gasteiger partial charge < -0.3 is 24.6 Å². The van der Waals surface area contributed by atoms with E-state index in [1.54, 1.807) is 0 Å². The van der Waals surface area contributed by atoms with Gasteiger partial charge >= 0.3 is 25.7 Å². The van der Waals surface area contributed by atoms with Gasteiger partial charge in [0.1, 0.15) is 12.6 Å². The molecule has 11 nitrogen and oxygen atoms in total. The standard InChI is InChI=1S/C42H82NO10P/c1-3-5-7-9-11-13-15-17-19-21-23-25-27-29-31-33-40(45)51-36-38(37-52-54(49,50)43-39(35-44)42(47)48)53-41(46)34-32-30-28-26-24-22-20-18-16-14-12-10-8-6-4-2/h38-39,44H,3-37H2,1-2H3,(H,47,48)(H2,43,49,50)/t38-,39-/m1/s1. The highest BCUT2D eigenvalue weighted by Gasteiger charge is 2.30. The number of esters is 2. The third kappa shape index (κ3) is 36.1. The van der Waals surface area contributed by atoms with Gasteiger partial charge in [0.2, 0.25) is 0 Å². The van der Waals surface area contributed by atoms with E-state index in [-0.39, 0.29) is 19.4 Å². The van der Waals surface area contributed by atoms with Gasteiger partial charge in [0.15, 0.2) is 6.10 Å². The minimum absolute atomic E-state index is 0.155. The smallest absolute Gasteiger partial charge is 0.403 e. The van der Waals surface area contributed by atoms with Crippen molar-refractivity contribution in [3.63, 3.8) is 0 Å². The Bertz CT molecular complexity index is 937. The van der Waals surface area contributed by atoms with Gasteiger partial charge in [-0.25, -0.2) is 9.65 Å². The third-order valence-electron chi connectivity index (χ3n) is 9.93. The Hall–Kier alpha value is -1.52. The van der Waals surface area contributed by atoms with Crippen LogP contribution in [0.4, 0.5) is 0 Å². The highest BCUT2D eigenvalue weighted by Crippen LogP contribution is 2.37. The number of aliphatic carboxylic acids is 1. The van der Waals surface area contributed by atoms with Crippen LogP contribution in [0.25, 0.3) is 0 Å². The summed E-state index contributed by atoms with van der Waals surface area (Å²) >= 11 is 0. The van der Waals surface area contributed by atoms with Gasteiger partial charge in [-0.2, -0.15) is 0 Å². The van der Waals surface area contributed by atoms with Crippen molar-refractivity contribution < 1.29 is 48.1 Å². The first kappa shape index (κ1) is 52.5. The van der Waals surface area contributed by atoms with Crippen LogP contribution in [-0.4, -0.2) is 65.0 Å². The minimum atomic E-state index is -4.69. The summed E-state index contributed by atoms with van der Waals surface area (Å²) in [6.07, 6.45) is 35.7. The number of nitrogens with one attached hydrogen (secondary N) is 1. The third-order valence-corrected chi connectivity index (χ3v) is 11.1. The number of carbonyl (C=O) groups is 3. The number of carboxylic acid groups (broad SMARTS) is 1. The van der Waals surface area contributed by atoms with Crippen LogP contribution in [0.3, 0.4) is 0 Å². The molecule has 0 amide bonds. The first-order chi connectivity index (χ1) is 26.1. The summed E-state index contributed by atoms with van der Waals surface area (Å²) < 4.78 is 28.2. The van der Waals surface area contributed by atoms with Crippen molar-refractivity contribution in [3.8, 4) is 0 Å². The molecule has 0 saturated heterocycles. The molecule has 3 atom stereocenters. The lowest BCUT2D eigenvalue weighted by Crippen LogP contribution is -2.38. The van der Waals surface area contributed by atoms with Crippen molar-refractivity contribution in [3.05, 3.63) is 0 Å². The minimum Gasteiger partial charge on any atom is -0.480 e. The average Bonchev–Trinajstić information content (AvgIpc) is 3.14. The van der Waals surface area contributed by atoms with Crippen molar-refractivity contribution in [2.45, 2.75) is 231 Å². The van der Waals surface area contributed by atoms with E-state index in [9.17, 15) is 28.9 Å². The SMILES string of the molecule is CCCCCCCCCCCCCCCCCC(=O)OC[C@H](COP(=O)(O)N[C@H](CO)C(=O)O)OC(=O)CCCCCCCCCCCCCCCCC. The first-order valence-electron chi connectivity index (χ1n) is 22.1. The fourth-order valence-corrected chi connectivity index (χ4v) is 7.52. The number of carboxylic acids is 1. The van der Waals surface area contributed by atoms with Crippen molar-refractivity contribution >= 4 is 25.7 Å². The predicted octanol–water partition coefficient (Wildman–Crippen LogP) is 11.1. The summed E-state index contributed by atoms with van der Waals surface area (Å²) in [5.74, 6) is -2.52. The zero-order chi connectivity index (χ0) is 40.0. The molecule has 0 spiro atoms. The second-order valence-electron chi connectivity index (χ2n) is 15.2. The van der Waals surface area contributed by atoms with Gasteiger partial charge in [-0.15, -0.1) is 0 Å². The molecule has 4 N–H and O–H groups in total. The Morgan fingerprint density at radius 2 is 0.870 bits per heavy atom. The van der Waals surface area contributed by atoms with E-state index in [4.69, 9.17) is 19.1 Å². The Kier molecular flexibility index (Phi) is 37.3. The van der Waals surface area contributed by atoms with Gasteiger partial charge in [-0.1, -0.05) is 194 Å². The highest BCUT2D eigenvalue weighted by molar-refractivity contribution is 7.50. The number of hydrogen-bond donors (Lipinski definition) is 4. The predicted molar refractivity (Wildman–Crippen MR) is 217 cm³/mol. The van der Waals surface area contributed by atoms with Gasteiger partial charge in [0.25, 0.3) is 0 Å². The molecular weight excluding hydrogens is 709 g/mol. The van der Waals surface area contributed by atoms with Gasteiger partial charge in [-0.3, -0.25) is 18.9 Å². The Labute approximate surface area is 329 Å². The summed E-state index contributed by atoms with van der Waals surface area (Å²) in [7, 11) is -4.69. The van der Waals surface area contributed by atoms with Crippen LogP contribution in [0, 0.1) is 0 Å². The van der Waals surface area contributed by atoms with Crippen LogP contribution in [0.15, 0.2) is 0 Å². The van der Waals surface area contributed by atoms with Crippen LogP contribution in [0.1, 0.15) is 219 Å². The molecule has 0 heterocycles. The molecule has 12 heteroatoms. The Balaban J connectivity index is 4.34. The van der Waals surface area contributed by atoms with E-state index < -0.39 is 51.0 Å². The molecule has 0 aliphatic rings. The van der Waals surface area contributed by atoms with E-state index >= 15 is 0 Å². The highest BCUT2D eigenvalue weighted by atomic mass is 31.2. The summed E-state index contributed by atoms with van der Waals surface area (Å²) in [6.45, 7) is 2.60. The van der Waals surface area contributed by atoms with E-state index in [1.807, 2.05) is 5.09 Å². The summed E-state index contributed by atoms with van der Waals surface area (Å²) in [6, 6.07) is -1.72. The van der Waals surface area contributed by atoms with Crippen LogP contribution >= 0.6 is 7.75 Å².